The van der Waals surface area contributed by atoms with Gasteiger partial charge in [-0.2, -0.15) is 5.26 Å². The standard InChI is InChI=1S/C21H21N5O/c1-15-14-24-21(25-18(10-12-27)16-7-3-2-4-8-16)26-20(15)17(13-22)19-9-5-6-11-23-19/h2-9,11,14,18,23,27H,10,12H2,1H3,(H,24,25,26). The highest BCUT2D eigenvalue weighted by atomic mass is 16.3. The van der Waals surface area contributed by atoms with Crippen LogP contribution >= 0.6 is 0 Å². The van der Waals surface area contributed by atoms with Gasteiger partial charge in [0.05, 0.1) is 17.4 Å². The summed E-state index contributed by atoms with van der Waals surface area (Å²) in [5.41, 5.74) is 3.58. The van der Waals surface area contributed by atoms with E-state index in [1.807, 2.05) is 55.5 Å². The van der Waals surface area contributed by atoms with Gasteiger partial charge in [0.25, 0.3) is 0 Å². The van der Waals surface area contributed by atoms with Gasteiger partial charge >= 0.3 is 0 Å². The monoisotopic (exact) mass is 359 g/mol. The van der Waals surface area contributed by atoms with Gasteiger partial charge in [-0.25, -0.2) is 9.97 Å². The van der Waals surface area contributed by atoms with Crippen LogP contribution in [0.5, 0.6) is 0 Å². The Morgan fingerprint density at radius 3 is 2.78 bits per heavy atom. The van der Waals surface area contributed by atoms with E-state index in [-0.39, 0.29) is 12.6 Å². The molecule has 1 unspecified atom stereocenters. The zero-order valence-corrected chi connectivity index (χ0v) is 15.1. The lowest BCUT2D eigenvalue weighted by Crippen LogP contribution is -2.16. The van der Waals surface area contributed by atoms with E-state index in [0.29, 0.717) is 29.3 Å². The molecule has 2 heterocycles. The third kappa shape index (κ3) is 4.40. The average molecular weight is 359 g/mol. The zero-order valence-electron chi connectivity index (χ0n) is 15.1. The number of anilines is 1. The molecule has 2 aromatic rings. The van der Waals surface area contributed by atoms with Crippen molar-refractivity contribution in [1.29, 1.82) is 5.26 Å². The van der Waals surface area contributed by atoms with Gasteiger partial charge in [-0.3, -0.25) is 0 Å². The topological polar surface area (TPSA) is 93.9 Å². The molecule has 0 fully saturated rings. The molecule has 1 aliphatic rings. The Bertz CT molecular complexity index is 925. The summed E-state index contributed by atoms with van der Waals surface area (Å²) in [7, 11) is 0. The molecule has 6 heteroatoms. The van der Waals surface area contributed by atoms with Crippen molar-refractivity contribution in [2.75, 3.05) is 11.9 Å². The van der Waals surface area contributed by atoms with E-state index in [9.17, 15) is 10.4 Å². The molecule has 3 N–H and O–H groups in total. The molecule has 1 aromatic carbocycles. The lowest BCUT2D eigenvalue weighted by Gasteiger charge is -2.19. The highest BCUT2D eigenvalue weighted by molar-refractivity contribution is 5.81. The third-order valence-corrected chi connectivity index (χ3v) is 4.22. The second kappa shape index (κ2) is 8.79. The Hall–Kier alpha value is -3.43. The Morgan fingerprint density at radius 2 is 2.11 bits per heavy atom. The minimum Gasteiger partial charge on any atom is -0.396 e. The van der Waals surface area contributed by atoms with Crippen LogP contribution in [0.15, 0.2) is 66.7 Å². The van der Waals surface area contributed by atoms with E-state index < -0.39 is 0 Å². The number of nitrogens with zero attached hydrogens (tertiary/aromatic N) is 3. The maximum absolute atomic E-state index is 9.67. The molecule has 0 radical (unpaired) electrons. The van der Waals surface area contributed by atoms with Crippen LogP contribution in [0.2, 0.25) is 0 Å². The largest absolute Gasteiger partial charge is 0.396 e. The molecule has 0 saturated heterocycles. The minimum absolute atomic E-state index is 0.0415. The smallest absolute Gasteiger partial charge is 0.223 e. The predicted octanol–water partition coefficient (Wildman–Crippen LogP) is 3.23. The summed E-state index contributed by atoms with van der Waals surface area (Å²) in [5, 5.41) is 25.4. The molecule has 3 rings (SSSR count). The Labute approximate surface area is 158 Å². The minimum atomic E-state index is -0.124. The number of dihydropyridines is 1. The number of hydrogen-bond acceptors (Lipinski definition) is 6. The van der Waals surface area contributed by atoms with Gasteiger partial charge in [-0.1, -0.05) is 36.4 Å². The first-order valence-corrected chi connectivity index (χ1v) is 8.73. The lowest BCUT2D eigenvalue weighted by atomic mass is 10.0. The SMILES string of the molecule is Cc1cnc(NC(CCO)c2ccccc2)nc1C(C#N)=C1C=CC=CN1. The van der Waals surface area contributed by atoms with Gasteiger partial charge < -0.3 is 15.7 Å². The highest BCUT2D eigenvalue weighted by Gasteiger charge is 2.16. The van der Waals surface area contributed by atoms with E-state index in [1.54, 1.807) is 12.4 Å². The number of aliphatic hydroxyl groups excluding tert-OH is 1. The van der Waals surface area contributed by atoms with Crippen LogP contribution in [0.1, 0.15) is 29.3 Å². The maximum Gasteiger partial charge on any atom is 0.223 e. The summed E-state index contributed by atoms with van der Waals surface area (Å²) < 4.78 is 0. The summed E-state index contributed by atoms with van der Waals surface area (Å²) in [6, 6.07) is 12.0. The molecule has 0 aliphatic carbocycles. The number of allylic oxidation sites excluding steroid dienone is 4. The third-order valence-electron chi connectivity index (χ3n) is 4.22. The van der Waals surface area contributed by atoms with Gasteiger partial charge in [-0.15, -0.1) is 0 Å². The van der Waals surface area contributed by atoms with Gasteiger partial charge in [-0.05, 0) is 36.6 Å². The summed E-state index contributed by atoms with van der Waals surface area (Å²) in [4.78, 5) is 8.94. The first-order chi connectivity index (χ1) is 13.2. The van der Waals surface area contributed by atoms with Crippen LogP contribution in [-0.4, -0.2) is 21.7 Å². The van der Waals surface area contributed by atoms with Crippen LogP contribution in [-0.2, 0) is 0 Å². The van der Waals surface area contributed by atoms with E-state index in [4.69, 9.17) is 0 Å². The summed E-state index contributed by atoms with van der Waals surface area (Å²) in [6.45, 7) is 1.92. The summed E-state index contributed by atoms with van der Waals surface area (Å²) in [5.74, 6) is 0.418. The van der Waals surface area contributed by atoms with Crippen LogP contribution in [0.25, 0.3) is 5.57 Å². The van der Waals surface area contributed by atoms with Crippen LogP contribution in [0.3, 0.4) is 0 Å². The predicted molar refractivity (Wildman–Crippen MR) is 105 cm³/mol. The van der Waals surface area contributed by atoms with Crippen LogP contribution in [0, 0.1) is 18.3 Å². The zero-order chi connectivity index (χ0) is 19.1. The molecule has 6 nitrogen and oxygen atoms in total. The fourth-order valence-electron chi connectivity index (χ4n) is 2.85. The number of benzene rings is 1. The van der Waals surface area contributed by atoms with Crippen molar-refractivity contribution < 1.29 is 5.11 Å². The number of hydrogen-bond donors (Lipinski definition) is 3. The maximum atomic E-state index is 9.67. The average Bonchev–Trinajstić information content (AvgIpc) is 2.72. The van der Waals surface area contributed by atoms with E-state index >= 15 is 0 Å². The second-order valence-electron chi connectivity index (χ2n) is 6.11. The molecular weight excluding hydrogens is 338 g/mol. The van der Waals surface area contributed by atoms with E-state index in [0.717, 1.165) is 11.1 Å². The molecule has 27 heavy (non-hydrogen) atoms. The fraction of sp³-hybridized carbons (Fsp3) is 0.190. The number of rotatable bonds is 6. The van der Waals surface area contributed by atoms with Crippen molar-refractivity contribution >= 4 is 11.5 Å². The van der Waals surface area contributed by atoms with Crippen LogP contribution < -0.4 is 10.6 Å². The van der Waals surface area contributed by atoms with Crippen molar-refractivity contribution in [2.24, 2.45) is 0 Å². The van der Waals surface area contributed by atoms with Crippen molar-refractivity contribution in [2.45, 2.75) is 19.4 Å². The number of aromatic nitrogens is 2. The molecule has 0 saturated carbocycles. The van der Waals surface area contributed by atoms with Crippen molar-refractivity contribution in [3.63, 3.8) is 0 Å². The Balaban J connectivity index is 1.94. The van der Waals surface area contributed by atoms with E-state index in [1.165, 1.54) is 0 Å². The van der Waals surface area contributed by atoms with Crippen molar-refractivity contribution in [3.8, 4) is 6.07 Å². The molecule has 1 aliphatic heterocycles. The molecule has 0 bridgehead atoms. The molecule has 0 spiro atoms. The lowest BCUT2D eigenvalue weighted by molar-refractivity contribution is 0.280. The number of aryl methyl sites for hydroxylation is 1. The molecule has 1 aromatic heterocycles. The molecule has 136 valence electrons. The van der Waals surface area contributed by atoms with E-state index in [2.05, 4.69) is 26.7 Å². The Kier molecular flexibility index (Phi) is 5.98. The fourth-order valence-corrected chi connectivity index (χ4v) is 2.85. The molecule has 0 amide bonds. The van der Waals surface area contributed by atoms with Gasteiger partial charge in [0.2, 0.25) is 5.95 Å². The first kappa shape index (κ1) is 18.4. The second-order valence-corrected chi connectivity index (χ2v) is 6.11. The van der Waals surface area contributed by atoms with Gasteiger partial charge in [0, 0.05) is 19.0 Å². The van der Waals surface area contributed by atoms with Crippen LogP contribution in [0.4, 0.5) is 5.95 Å². The first-order valence-electron chi connectivity index (χ1n) is 8.73. The quantitative estimate of drug-likeness (QED) is 0.686. The van der Waals surface area contributed by atoms with Gasteiger partial charge in [0.1, 0.15) is 11.6 Å². The summed E-state index contributed by atoms with van der Waals surface area (Å²) in [6.07, 6.45) is 9.56. The van der Waals surface area contributed by atoms with Crippen molar-refractivity contribution in [1.82, 2.24) is 15.3 Å². The number of nitriles is 1. The normalized spacial score (nSPS) is 15.6. The number of aliphatic hydroxyl groups is 1. The Morgan fingerprint density at radius 1 is 1.30 bits per heavy atom. The van der Waals surface area contributed by atoms with Gasteiger partial charge in [0.15, 0.2) is 0 Å². The van der Waals surface area contributed by atoms with Crippen molar-refractivity contribution in [3.05, 3.63) is 83.5 Å². The number of nitrogens with one attached hydrogen (secondary N) is 2. The molecule has 1 atom stereocenters. The summed E-state index contributed by atoms with van der Waals surface area (Å²) >= 11 is 0. The highest BCUT2D eigenvalue weighted by Crippen LogP contribution is 2.24. The molecular formula is C21H21N5O.